The van der Waals surface area contributed by atoms with Gasteiger partial charge in [0.2, 0.25) is 10.0 Å². The standard InChI is InChI=1S/C11H15N3O4S/c1-2-7-6-9(7)13-19(17,18)10-5-3-4-8(12)11(10)14(15)16/h3-5,7,9,13H,2,6,12H2,1H3. The van der Waals surface area contributed by atoms with Crippen molar-refractivity contribution in [3.63, 3.8) is 0 Å². The van der Waals surface area contributed by atoms with Gasteiger partial charge in [0.15, 0.2) is 4.90 Å². The molecule has 0 amide bonds. The molecular weight excluding hydrogens is 270 g/mol. The highest BCUT2D eigenvalue weighted by molar-refractivity contribution is 7.89. The Bertz CT molecular complexity index is 614. The van der Waals surface area contributed by atoms with Crippen LogP contribution in [0.15, 0.2) is 23.1 Å². The molecule has 8 heteroatoms. The number of nitro groups is 1. The van der Waals surface area contributed by atoms with Gasteiger partial charge in [0.05, 0.1) is 4.92 Å². The van der Waals surface area contributed by atoms with E-state index in [1.807, 2.05) is 6.92 Å². The van der Waals surface area contributed by atoms with Crippen LogP contribution in [0.1, 0.15) is 19.8 Å². The third-order valence-electron chi connectivity index (χ3n) is 3.26. The quantitative estimate of drug-likeness (QED) is 0.480. The maximum atomic E-state index is 12.2. The lowest BCUT2D eigenvalue weighted by atomic mass is 10.3. The van der Waals surface area contributed by atoms with Gasteiger partial charge in [-0.15, -0.1) is 0 Å². The zero-order valence-electron chi connectivity index (χ0n) is 10.4. The molecule has 1 aliphatic carbocycles. The van der Waals surface area contributed by atoms with Crippen LogP contribution in [0, 0.1) is 16.0 Å². The third-order valence-corrected chi connectivity index (χ3v) is 4.78. The molecule has 1 aliphatic rings. The minimum Gasteiger partial charge on any atom is -0.393 e. The molecule has 0 bridgehead atoms. The number of hydrogen-bond acceptors (Lipinski definition) is 5. The van der Waals surface area contributed by atoms with Crippen LogP contribution in [0.4, 0.5) is 11.4 Å². The van der Waals surface area contributed by atoms with Gasteiger partial charge in [-0.2, -0.15) is 0 Å². The molecule has 0 aromatic heterocycles. The minimum absolute atomic E-state index is 0.129. The van der Waals surface area contributed by atoms with Gasteiger partial charge in [-0.05, 0) is 24.5 Å². The summed E-state index contributed by atoms with van der Waals surface area (Å²) in [5, 5.41) is 10.9. The van der Waals surface area contributed by atoms with Crippen molar-refractivity contribution in [3.8, 4) is 0 Å². The first-order chi connectivity index (χ1) is 8.86. The highest BCUT2D eigenvalue weighted by Gasteiger charge is 2.40. The van der Waals surface area contributed by atoms with Crippen LogP contribution in [0.5, 0.6) is 0 Å². The van der Waals surface area contributed by atoms with E-state index in [9.17, 15) is 18.5 Å². The van der Waals surface area contributed by atoms with Crippen molar-refractivity contribution in [3.05, 3.63) is 28.3 Å². The van der Waals surface area contributed by atoms with Crippen LogP contribution in [0.25, 0.3) is 0 Å². The molecule has 2 unspecified atom stereocenters. The summed E-state index contributed by atoms with van der Waals surface area (Å²) in [5.41, 5.74) is 4.76. The fourth-order valence-corrected chi connectivity index (χ4v) is 3.58. The summed E-state index contributed by atoms with van der Waals surface area (Å²) in [7, 11) is -3.91. The number of nitrogens with one attached hydrogen (secondary N) is 1. The first kappa shape index (κ1) is 13.8. The molecule has 0 aliphatic heterocycles. The maximum absolute atomic E-state index is 12.2. The number of nitrogen functional groups attached to an aromatic ring is 1. The number of nitrogens with zero attached hydrogens (tertiary/aromatic N) is 1. The summed E-state index contributed by atoms with van der Waals surface area (Å²) in [5.74, 6) is 0.315. The van der Waals surface area contributed by atoms with E-state index in [0.717, 1.165) is 12.8 Å². The minimum atomic E-state index is -3.91. The summed E-state index contributed by atoms with van der Waals surface area (Å²) >= 11 is 0. The Morgan fingerprint density at radius 2 is 2.21 bits per heavy atom. The second kappa shape index (κ2) is 4.78. The van der Waals surface area contributed by atoms with Crippen molar-refractivity contribution < 1.29 is 13.3 Å². The molecule has 2 atom stereocenters. The summed E-state index contributed by atoms with van der Waals surface area (Å²) in [6.45, 7) is 1.97. The van der Waals surface area contributed by atoms with Gasteiger partial charge in [0, 0.05) is 6.04 Å². The number of anilines is 1. The smallest absolute Gasteiger partial charge is 0.312 e. The van der Waals surface area contributed by atoms with Gasteiger partial charge in [-0.1, -0.05) is 19.4 Å². The molecule has 0 spiro atoms. The normalized spacial score (nSPS) is 22.2. The van der Waals surface area contributed by atoms with Crippen molar-refractivity contribution in [1.29, 1.82) is 0 Å². The summed E-state index contributed by atoms with van der Waals surface area (Å²) in [6, 6.07) is 3.76. The Kier molecular flexibility index (Phi) is 3.46. The average molecular weight is 285 g/mol. The van der Waals surface area contributed by atoms with Gasteiger partial charge < -0.3 is 5.73 Å². The monoisotopic (exact) mass is 285 g/mol. The molecule has 19 heavy (non-hydrogen) atoms. The van der Waals surface area contributed by atoms with E-state index < -0.39 is 20.6 Å². The lowest BCUT2D eigenvalue weighted by Crippen LogP contribution is -2.27. The number of rotatable bonds is 5. The number of para-hydroxylation sites is 1. The van der Waals surface area contributed by atoms with Gasteiger partial charge in [-0.3, -0.25) is 10.1 Å². The Morgan fingerprint density at radius 3 is 2.74 bits per heavy atom. The zero-order valence-corrected chi connectivity index (χ0v) is 11.2. The molecule has 104 valence electrons. The number of nitrogens with two attached hydrogens (primary N) is 1. The fourth-order valence-electron chi connectivity index (χ4n) is 2.06. The maximum Gasteiger partial charge on any atom is 0.312 e. The molecule has 0 saturated heterocycles. The van der Waals surface area contributed by atoms with E-state index in [1.54, 1.807) is 0 Å². The van der Waals surface area contributed by atoms with E-state index >= 15 is 0 Å². The Morgan fingerprint density at radius 1 is 1.53 bits per heavy atom. The molecule has 1 fully saturated rings. The Balaban J connectivity index is 2.36. The van der Waals surface area contributed by atoms with Crippen molar-refractivity contribution in [2.24, 2.45) is 5.92 Å². The molecule has 1 aromatic carbocycles. The topological polar surface area (TPSA) is 115 Å². The van der Waals surface area contributed by atoms with E-state index in [1.165, 1.54) is 18.2 Å². The van der Waals surface area contributed by atoms with E-state index in [-0.39, 0.29) is 16.6 Å². The second-order valence-electron chi connectivity index (χ2n) is 4.58. The summed E-state index contributed by atoms with van der Waals surface area (Å²) < 4.78 is 26.8. The van der Waals surface area contributed by atoms with Crippen molar-refractivity contribution >= 4 is 21.4 Å². The van der Waals surface area contributed by atoms with Crippen LogP contribution in [0.3, 0.4) is 0 Å². The van der Waals surface area contributed by atoms with Gasteiger partial charge >= 0.3 is 5.69 Å². The first-order valence-electron chi connectivity index (χ1n) is 5.92. The molecule has 7 nitrogen and oxygen atoms in total. The number of nitro benzene ring substituents is 1. The largest absolute Gasteiger partial charge is 0.393 e. The second-order valence-corrected chi connectivity index (χ2v) is 6.27. The SMILES string of the molecule is CCC1CC1NS(=O)(=O)c1cccc(N)c1[N+](=O)[O-]. The van der Waals surface area contributed by atoms with Crippen LogP contribution in [-0.4, -0.2) is 19.4 Å². The van der Waals surface area contributed by atoms with E-state index in [2.05, 4.69) is 4.72 Å². The lowest BCUT2D eigenvalue weighted by molar-refractivity contribution is -0.386. The van der Waals surface area contributed by atoms with Crippen LogP contribution in [-0.2, 0) is 10.0 Å². The first-order valence-corrected chi connectivity index (χ1v) is 7.40. The predicted molar refractivity (Wildman–Crippen MR) is 70.0 cm³/mol. The van der Waals surface area contributed by atoms with E-state index in [4.69, 9.17) is 5.73 Å². The third kappa shape index (κ3) is 2.69. The average Bonchev–Trinajstić information content (AvgIpc) is 3.05. The molecule has 1 aromatic rings. The molecular formula is C11H15N3O4S. The highest BCUT2D eigenvalue weighted by Crippen LogP contribution is 2.36. The fraction of sp³-hybridized carbons (Fsp3) is 0.455. The van der Waals surface area contributed by atoms with Gasteiger partial charge in [0.1, 0.15) is 5.69 Å². The van der Waals surface area contributed by atoms with Crippen LogP contribution < -0.4 is 10.5 Å². The van der Waals surface area contributed by atoms with Crippen molar-refractivity contribution in [2.45, 2.75) is 30.7 Å². The highest BCUT2D eigenvalue weighted by atomic mass is 32.2. The van der Waals surface area contributed by atoms with Gasteiger partial charge in [0.25, 0.3) is 0 Å². The van der Waals surface area contributed by atoms with Crippen molar-refractivity contribution in [2.75, 3.05) is 5.73 Å². The van der Waals surface area contributed by atoms with Crippen molar-refractivity contribution in [1.82, 2.24) is 4.72 Å². The molecule has 1 saturated carbocycles. The summed E-state index contributed by atoms with van der Waals surface area (Å²) in [4.78, 5) is 9.80. The zero-order chi connectivity index (χ0) is 14.2. The van der Waals surface area contributed by atoms with Gasteiger partial charge in [-0.25, -0.2) is 13.1 Å². The summed E-state index contributed by atoms with van der Waals surface area (Å²) in [6.07, 6.45) is 1.65. The number of sulfonamides is 1. The van der Waals surface area contributed by atoms with E-state index in [0.29, 0.717) is 5.92 Å². The lowest BCUT2D eigenvalue weighted by Gasteiger charge is -2.08. The molecule has 3 N–H and O–H groups in total. The Hall–Kier alpha value is -1.67. The molecule has 0 radical (unpaired) electrons. The molecule has 2 rings (SSSR count). The Labute approximate surface area is 111 Å². The van der Waals surface area contributed by atoms with Crippen LogP contribution >= 0.6 is 0 Å². The number of hydrogen-bond donors (Lipinski definition) is 2. The predicted octanol–water partition coefficient (Wildman–Crippen LogP) is 1.25. The van der Waals surface area contributed by atoms with Crippen LogP contribution in [0.2, 0.25) is 0 Å². The number of benzene rings is 1. The molecule has 0 heterocycles.